The number of amides is 4. The van der Waals surface area contributed by atoms with Crippen molar-refractivity contribution in [1.29, 1.82) is 5.26 Å². The van der Waals surface area contributed by atoms with Gasteiger partial charge in [-0.3, -0.25) is 24.1 Å². The molecule has 2 aliphatic heterocycles. The molecule has 0 radical (unpaired) electrons. The number of nitriles is 1. The Kier molecular flexibility index (Phi) is 15.8. The standard InChI is InChI=1S/C57H56F3N7O6S2/c1-35-48(75-34-63-35)39-12-10-36(11-13-39)33-62-51(69)47-9-7-28-65(47)52(70)49(55(2,3)4)64-50(68)40-19-26-45(27-20-40)73-30-8-29-72-44-24-17-38(18-25-44)37-14-21-42(22-15-37)67-54(74)66(53(71)56(67,5)6)43-23-16-41(32-61)46(31-43)57(58,59)60/h10-27,31,34,47,49H,7-9,28-30,33H2,1-6H3,(H,62,69)(H,64,68)/t47-,49?/m0/s1. The molecule has 388 valence electrons. The van der Waals surface area contributed by atoms with Gasteiger partial charge in [-0.15, -0.1) is 11.3 Å². The smallest absolute Gasteiger partial charge is 0.417 e. The molecule has 1 aromatic heterocycles. The number of ether oxygens (including phenoxy) is 2. The first-order valence-corrected chi connectivity index (χ1v) is 25.7. The molecular formula is C57H56F3N7O6S2. The van der Waals surface area contributed by atoms with Gasteiger partial charge in [-0.05, 0) is 140 Å². The Balaban J connectivity index is 0.787. The van der Waals surface area contributed by atoms with Gasteiger partial charge in [0.2, 0.25) is 11.8 Å². The van der Waals surface area contributed by atoms with Crippen LogP contribution in [-0.2, 0) is 27.1 Å². The van der Waals surface area contributed by atoms with Crippen molar-refractivity contribution < 1.29 is 41.8 Å². The largest absolute Gasteiger partial charge is 0.493 e. The van der Waals surface area contributed by atoms with Crippen molar-refractivity contribution in [3.8, 4) is 39.1 Å². The number of rotatable bonds is 16. The van der Waals surface area contributed by atoms with E-state index >= 15 is 0 Å². The third kappa shape index (κ3) is 11.8. The van der Waals surface area contributed by atoms with E-state index in [4.69, 9.17) is 21.7 Å². The second kappa shape index (κ2) is 22.1. The number of alkyl halides is 3. The van der Waals surface area contributed by atoms with E-state index in [0.29, 0.717) is 68.3 Å². The van der Waals surface area contributed by atoms with E-state index < -0.39 is 52.2 Å². The number of carbonyl (C=O) groups is 4. The second-order valence-electron chi connectivity index (χ2n) is 19.9. The van der Waals surface area contributed by atoms with Crippen molar-refractivity contribution in [2.45, 2.75) is 91.1 Å². The average molecular weight is 1060 g/mol. The number of anilines is 2. The number of hydrogen-bond acceptors (Lipinski definition) is 10. The van der Waals surface area contributed by atoms with Gasteiger partial charge in [-0.25, -0.2) is 4.98 Å². The lowest BCUT2D eigenvalue weighted by Crippen LogP contribution is -2.57. The van der Waals surface area contributed by atoms with Crippen molar-refractivity contribution in [2.24, 2.45) is 5.41 Å². The third-order valence-corrected chi connectivity index (χ3v) is 14.6. The summed E-state index contributed by atoms with van der Waals surface area (Å²) in [5, 5.41) is 15.2. The predicted octanol–water partition coefficient (Wildman–Crippen LogP) is 10.9. The van der Waals surface area contributed by atoms with Gasteiger partial charge >= 0.3 is 6.18 Å². The van der Waals surface area contributed by atoms with Crippen LogP contribution in [0.3, 0.4) is 0 Å². The van der Waals surface area contributed by atoms with Gasteiger partial charge in [-0.1, -0.05) is 69.3 Å². The highest BCUT2D eigenvalue weighted by atomic mass is 32.1. The summed E-state index contributed by atoms with van der Waals surface area (Å²) in [5.41, 5.74) is 3.85. The first-order valence-electron chi connectivity index (χ1n) is 24.4. The van der Waals surface area contributed by atoms with Crippen molar-refractivity contribution >= 4 is 63.7 Å². The number of aromatic nitrogens is 1. The number of aryl methyl sites for hydroxylation is 1. The molecule has 2 aliphatic rings. The highest BCUT2D eigenvalue weighted by Gasteiger charge is 2.51. The molecule has 5 aromatic carbocycles. The molecule has 0 saturated carbocycles. The summed E-state index contributed by atoms with van der Waals surface area (Å²) in [7, 11) is 0. The second-order valence-corrected chi connectivity index (χ2v) is 21.2. The van der Waals surface area contributed by atoms with Crippen LogP contribution in [0.4, 0.5) is 24.5 Å². The number of carbonyl (C=O) groups excluding carboxylic acids is 4. The van der Waals surface area contributed by atoms with Gasteiger partial charge in [0.1, 0.15) is 29.1 Å². The molecule has 2 fully saturated rings. The molecule has 0 bridgehead atoms. The van der Waals surface area contributed by atoms with Crippen molar-refractivity contribution in [3.63, 3.8) is 0 Å². The number of hydrogen-bond donors (Lipinski definition) is 2. The van der Waals surface area contributed by atoms with Crippen LogP contribution in [-0.4, -0.2) is 76.0 Å². The van der Waals surface area contributed by atoms with Crippen molar-refractivity contribution in [3.05, 3.63) is 149 Å². The number of nitrogens with one attached hydrogen (secondary N) is 2. The van der Waals surface area contributed by atoms with Gasteiger partial charge in [0.25, 0.3) is 11.8 Å². The van der Waals surface area contributed by atoms with E-state index in [1.54, 1.807) is 77.5 Å². The minimum Gasteiger partial charge on any atom is -0.493 e. The van der Waals surface area contributed by atoms with E-state index in [9.17, 15) is 37.6 Å². The monoisotopic (exact) mass is 1060 g/mol. The SMILES string of the molecule is Cc1ncsc1-c1ccc(CNC(=O)[C@@H]2CCCN2C(=O)C(NC(=O)c2ccc(OCCCOc3ccc(-c4ccc(N5C(=S)N(c6ccc(C#N)c(C(F)(F)F)c6)C(=O)C5(C)C)cc4)cc3)cc2)C(C)(C)C)cc1. The fourth-order valence-electron chi connectivity index (χ4n) is 9.14. The maximum Gasteiger partial charge on any atom is 0.417 e. The number of benzene rings is 5. The zero-order valence-corrected chi connectivity index (χ0v) is 43.9. The predicted molar refractivity (Wildman–Crippen MR) is 286 cm³/mol. The van der Waals surface area contributed by atoms with Gasteiger partial charge in [0.05, 0.1) is 52.2 Å². The Labute approximate surface area is 443 Å². The maximum atomic E-state index is 14.1. The van der Waals surface area contributed by atoms with Crippen LogP contribution >= 0.6 is 23.6 Å². The molecule has 4 amide bonds. The number of thiazole rings is 1. The molecule has 3 heterocycles. The molecular weight excluding hydrogens is 1000 g/mol. The van der Waals surface area contributed by atoms with Gasteiger partial charge in [0.15, 0.2) is 5.11 Å². The molecule has 2 saturated heterocycles. The fraction of sp³-hybridized carbons (Fsp3) is 0.316. The number of thiocarbonyl (C=S) groups is 1. The van der Waals surface area contributed by atoms with E-state index in [1.807, 2.05) is 93.9 Å². The quantitative estimate of drug-likeness (QED) is 0.0706. The summed E-state index contributed by atoms with van der Waals surface area (Å²) >= 11 is 7.27. The fourth-order valence-corrected chi connectivity index (χ4v) is 10.5. The van der Waals surface area contributed by atoms with E-state index in [1.165, 1.54) is 6.07 Å². The zero-order valence-electron chi connectivity index (χ0n) is 42.3. The molecule has 18 heteroatoms. The van der Waals surface area contributed by atoms with Gasteiger partial charge in [-0.2, -0.15) is 18.4 Å². The van der Waals surface area contributed by atoms with Crippen LogP contribution in [0.15, 0.2) is 121 Å². The lowest BCUT2D eigenvalue weighted by molar-refractivity contribution is -0.141. The molecule has 13 nitrogen and oxygen atoms in total. The molecule has 75 heavy (non-hydrogen) atoms. The van der Waals surface area contributed by atoms with Crippen molar-refractivity contribution in [1.82, 2.24) is 20.5 Å². The number of nitrogens with zero attached hydrogens (tertiary/aromatic N) is 5. The Morgan fingerprint density at radius 2 is 1.45 bits per heavy atom. The minimum atomic E-state index is -4.80. The summed E-state index contributed by atoms with van der Waals surface area (Å²) in [4.78, 5) is 64.6. The molecule has 0 spiro atoms. The Bertz CT molecular complexity index is 3130. The molecule has 2 atom stereocenters. The van der Waals surface area contributed by atoms with E-state index in [0.717, 1.165) is 49.9 Å². The van der Waals surface area contributed by atoms with Crippen LogP contribution in [0.25, 0.3) is 21.6 Å². The van der Waals surface area contributed by atoms with Crippen molar-refractivity contribution in [2.75, 3.05) is 29.6 Å². The first-order chi connectivity index (χ1) is 35.6. The average Bonchev–Trinajstić information content (AvgIpc) is 4.12. The Morgan fingerprint density at radius 3 is 2.03 bits per heavy atom. The zero-order chi connectivity index (χ0) is 53.8. The summed E-state index contributed by atoms with van der Waals surface area (Å²) in [6.07, 6.45) is -3.02. The van der Waals surface area contributed by atoms with E-state index in [2.05, 4.69) is 15.6 Å². The molecule has 0 aliphatic carbocycles. The molecule has 6 aromatic rings. The van der Waals surface area contributed by atoms with Crippen LogP contribution in [0.2, 0.25) is 0 Å². The lowest BCUT2D eigenvalue weighted by Gasteiger charge is -2.35. The highest BCUT2D eigenvalue weighted by Crippen LogP contribution is 2.40. The van der Waals surface area contributed by atoms with E-state index in [-0.39, 0.29) is 22.6 Å². The number of likely N-dealkylation sites (tertiary alicyclic amines) is 1. The highest BCUT2D eigenvalue weighted by molar-refractivity contribution is 7.81. The molecule has 2 N–H and O–H groups in total. The van der Waals surface area contributed by atoms with Gasteiger partial charge in [0, 0.05) is 30.8 Å². The Morgan fingerprint density at radius 1 is 0.867 bits per heavy atom. The van der Waals surface area contributed by atoms with Crippen LogP contribution in [0.1, 0.15) is 86.6 Å². The topological polar surface area (TPSA) is 157 Å². The molecule has 1 unspecified atom stereocenters. The van der Waals surface area contributed by atoms with Gasteiger partial charge < -0.3 is 29.9 Å². The summed E-state index contributed by atoms with van der Waals surface area (Å²) in [5.74, 6) is -0.237. The van der Waals surface area contributed by atoms with Crippen LogP contribution in [0, 0.1) is 23.7 Å². The third-order valence-electron chi connectivity index (χ3n) is 13.3. The summed E-state index contributed by atoms with van der Waals surface area (Å²) in [6.45, 7) is 12.4. The first kappa shape index (κ1) is 53.7. The lowest BCUT2D eigenvalue weighted by atomic mass is 9.85. The minimum absolute atomic E-state index is 0.00950. The Hall–Kier alpha value is -7.62. The maximum absolute atomic E-state index is 14.1. The summed E-state index contributed by atoms with van der Waals surface area (Å²) < 4.78 is 53.2. The van der Waals surface area contributed by atoms with Crippen LogP contribution in [0.5, 0.6) is 11.5 Å². The normalized spacial score (nSPS) is 15.9. The number of halogens is 3. The molecule has 8 rings (SSSR count). The summed E-state index contributed by atoms with van der Waals surface area (Å²) in [6, 6.07) is 32.6. The van der Waals surface area contributed by atoms with Crippen LogP contribution < -0.4 is 29.9 Å².